The number of carbonyl (C=O) groups is 2. The van der Waals surface area contributed by atoms with Crippen LogP contribution in [0.5, 0.6) is 0 Å². The number of carboxylic acid groups (broad SMARTS) is 1. The van der Waals surface area contributed by atoms with Gasteiger partial charge in [-0.15, -0.1) is 5.10 Å². The minimum absolute atomic E-state index is 0.383. The lowest BCUT2D eigenvalue weighted by atomic mass is 9.99. The summed E-state index contributed by atoms with van der Waals surface area (Å²) < 4.78 is 3.73. The Bertz CT molecular complexity index is 469. The molecule has 0 spiro atoms. The van der Waals surface area contributed by atoms with Gasteiger partial charge in [0.05, 0.1) is 5.69 Å². The molecule has 2 rings (SSSR count). The second-order valence-corrected chi connectivity index (χ2v) is 5.91. The number of aliphatic carboxylic acids is 1. The van der Waals surface area contributed by atoms with Crippen molar-refractivity contribution in [2.75, 3.05) is 11.5 Å². The number of nitrogens with zero attached hydrogens (tertiary/aromatic N) is 2. The molecule has 0 aromatic carbocycles. The number of amides is 1. The lowest BCUT2D eigenvalue weighted by Crippen LogP contribution is -2.54. The molecule has 6 nitrogen and oxygen atoms in total. The largest absolute Gasteiger partial charge is 0.479 e. The lowest BCUT2D eigenvalue weighted by Gasteiger charge is -2.24. The first-order valence-electron chi connectivity index (χ1n) is 5.54. The molecule has 0 saturated carbocycles. The first kappa shape index (κ1) is 13.3. The third-order valence-corrected chi connectivity index (χ3v) is 4.84. The van der Waals surface area contributed by atoms with Gasteiger partial charge in [0.1, 0.15) is 10.4 Å². The van der Waals surface area contributed by atoms with Gasteiger partial charge in [-0.05, 0) is 30.1 Å². The molecule has 2 N–H and O–H groups in total. The highest BCUT2D eigenvalue weighted by molar-refractivity contribution is 7.99. The highest BCUT2D eigenvalue weighted by atomic mass is 32.2. The summed E-state index contributed by atoms with van der Waals surface area (Å²) in [6, 6.07) is 0. The monoisotopic (exact) mass is 287 g/mol. The smallest absolute Gasteiger partial charge is 0.330 e. The van der Waals surface area contributed by atoms with Crippen molar-refractivity contribution in [2.45, 2.75) is 25.3 Å². The van der Waals surface area contributed by atoms with Crippen LogP contribution in [0.2, 0.25) is 0 Å². The molecule has 1 unspecified atom stereocenters. The van der Waals surface area contributed by atoms with Crippen molar-refractivity contribution in [1.82, 2.24) is 14.9 Å². The van der Waals surface area contributed by atoms with Gasteiger partial charge in [0.2, 0.25) is 0 Å². The van der Waals surface area contributed by atoms with E-state index in [1.165, 1.54) is 11.8 Å². The SMILES string of the molecule is CCc1nnsc1C(=O)NC1(C(=O)O)CCSC1. The maximum atomic E-state index is 12.1. The van der Waals surface area contributed by atoms with Crippen molar-refractivity contribution in [2.24, 2.45) is 0 Å². The van der Waals surface area contributed by atoms with E-state index in [0.717, 1.165) is 17.3 Å². The van der Waals surface area contributed by atoms with Gasteiger partial charge in [-0.25, -0.2) is 4.79 Å². The molecule has 1 aromatic rings. The molecule has 1 aliphatic heterocycles. The summed E-state index contributed by atoms with van der Waals surface area (Å²) in [7, 11) is 0. The zero-order valence-electron chi connectivity index (χ0n) is 9.80. The van der Waals surface area contributed by atoms with E-state index in [2.05, 4.69) is 14.9 Å². The van der Waals surface area contributed by atoms with Gasteiger partial charge < -0.3 is 10.4 Å². The standard InChI is InChI=1S/C10H13N3O3S2/c1-2-6-7(18-13-12-6)8(14)11-10(9(15)16)3-4-17-5-10/h2-5H2,1H3,(H,11,14)(H,15,16). The average molecular weight is 287 g/mol. The first-order chi connectivity index (χ1) is 8.59. The summed E-state index contributed by atoms with van der Waals surface area (Å²) >= 11 is 2.54. The number of carboxylic acids is 1. The van der Waals surface area contributed by atoms with Crippen LogP contribution in [0, 0.1) is 0 Å². The fourth-order valence-electron chi connectivity index (χ4n) is 1.77. The van der Waals surface area contributed by atoms with E-state index in [0.29, 0.717) is 29.2 Å². The van der Waals surface area contributed by atoms with Crippen LogP contribution in [0.4, 0.5) is 0 Å². The predicted molar refractivity (Wildman–Crippen MR) is 69.1 cm³/mol. The lowest BCUT2D eigenvalue weighted by molar-refractivity contribution is -0.143. The normalized spacial score (nSPS) is 22.9. The Morgan fingerprint density at radius 2 is 2.33 bits per heavy atom. The minimum Gasteiger partial charge on any atom is -0.479 e. The molecule has 1 amide bonds. The Morgan fingerprint density at radius 1 is 1.56 bits per heavy atom. The zero-order valence-corrected chi connectivity index (χ0v) is 11.4. The van der Waals surface area contributed by atoms with Crippen molar-refractivity contribution < 1.29 is 14.7 Å². The molecule has 1 saturated heterocycles. The number of rotatable bonds is 4. The molecule has 0 bridgehead atoms. The van der Waals surface area contributed by atoms with Crippen LogP contribution in [-0.4, -0.2) is 43.6 Å². The van der Waals surface area contributed by atoms with Crippen molar-refractivity contribution in [3.05, 3.63) is 10.6 Å². The van der Waals surface area contributed by atoms with Crippen molar-refractivity contribution in [3.8, 4) is 0 Å². The number of aryl methyl sites for hydroxylation is 1. The van der Waals surface area contributed by atoms with E-state index in [1.807, 2.05) is 6.92 Å². The maximum absolute atomic E-state index is 12.1. The fourth-order valence-corrected chi connectivity index (χ4v) is 3.74. The van der Waals surface area contributed by atoms with E-state index in [-0.39, 0.29) is 5.91 Å². The van der Waals surface area contributed by atoms with Crippen molar-refractivity contribution >= 4 is 35.2 Å². The van der Waals surface area contributed by atoms with Gasteiger partial charge in [0.15, 0.2) is 0 Å². The Labute approximate surface area is 112 Å². The van der Waals surface area contributed by atoms with Gasteiger partial charge in [0.25, 0.3) is 5.91 Å². The van der Waals surface area contributed by atoms with E-state index in [4.69, 9.17) is 0 Å². The van der Waals surface area contributed by atoms with Gasteiger partial charge in [-0.1, -0.05) is 11.4 Å². The van der Waals surface area contributed by atoms with Crippen LogP contribution in [0.3, 0.4) is 0 Å². The summed E-state index contributed by atoms with van der Waals surface area (Å²) in [6.07, 6.45) is 1.06. The van der Waals surface area contributed by atoms with Crippen molar-refractivity contribution in [1.29, 1.82) is 0 Å². The van der Waals surface area contributed by atoms with Crippen molar-refractivity contribution in [3.63, 3.8) is 0 Å². The van der Waals surface area contributed by atoms with Crippen LogP contribution in [-0.2, 0) is 11.2 Å². The van der Waals surface area contributed by atoms with E-state index in [9.17, 15) is 14.7 Å². The van der Waals surface area contributed by atoms with Gasteiger partial charge >= 0.3 is 5.97 Å². The number of aromatic nitrogens is 2. The van der Waals surface area contributed by atoms with Crippen LogP contribution in [0.1, 0.15) is 28.7 Å². The van der Waals surface area contributed by atoms with E-state index in [1.54, 1.807) is 0 Å². The number of hydrogen-bond donors (Lipinski definition) is 2. The molecule has 1 aliphatic rings. The molecule has 0 aliphatic carbocycles. The summed E-state index contributed by atoms with van der Waals surface area (Å²) in [5.41, 5.74) is -0.528. The summed E-state index contributed by atoms with van der Waals surface area (Å²) in [5, 5.41) is 15.8. The second-order valence-electron chi connectivity index (χ2n) is 4.05. The average Bonchev–Trinajstić information content (AvgIpc) is 2.97. The van der Waals surface area contributed by atoms with E-state index >= 15 is 0 Å². The third-order valence-electron chi connectivity index (χ3n) is 2.88. The highest BCUT2D eigenvalue weighted by Crippen LogP contribution is 2.29. The number of hydrogen-bond acceptors (Lipinski definition) is 6. The second kappa shape index (κ2) is 5.23. The molecule has 8 heteroatoms. The minimum atomic E-state index is -1.14. The number of thioether (sulfide) groups is 1. The van der Waals surface area contributed by atoms with Crippen LogP contribution < -0.4 is 5.32 Å². The Morgan fingerprint density at radius 3 is 2.89 bits per heavy atom. The summed E-state index contributed by atoms with van der Waals surface area (Å²) in [6.45, 7) is 1.88. The van der Waals surface area contributed by atoms with Gasteiger partial charge in [-0.2, -0.15) is 11.8 Å². The molecule has 1 aromatic heterocycles. The van der Waals surface area contributed by atoms with Crippen LogP contribution in [0.15, 0.2) is 0 Å². The summed E-state index contributed by atoms with van der Waals surface area (Å²) in [4.78, 5) is 23.8. The van der Waals surface area contributed by atoms with Crippen LogP contribution in [0.25, 0.3) is 0 Å². The Hall–Kier alpha value is -1.15. The summed E-state index contributed by atoms with van der Waals surface area (Å²) in [5.74, 6) is -0.209. The molecule has 18 heavy (non-hydrogen) atoms. The predicted octanol–water partition coefficient (Wildman–Crippen LogP) is 0.791. The Balaban J connectivity index is 2.18. The first-order valence-corrected chi connectivity index (χ1v) is 7.47. The zero-order chi connectivity index (χ0) is 13.2. The van der Waals surface area contributed by atoms with E-state index < -0.39 is 11.5 Å². The Kier molecular flexibility index (Phi) is 3.86. The quantitative estimate of drug-likeness (QED) is 0.850. The van der Waals surface area contributed by atoms with Gasteiger partial charge in [0, 0.05) is 5.75 Å². The third kappa shape index (κ3) is 2.35. The maximum Gasteiger partial charge on any atom is 0.330 e. The molecular formula is C10H13N3O3S2. The highest BCUT2D eigenvalue weighted by Gasteiger charge is 2.43. The molecule has 1 fully saturated rings. The fraction of sp³-hybridized carbons (Fsp3) is 0.600. The number of nitrogens with one attached hydrogen (secondary N) is 1. The molecule has 98 valence electrons. The molecular weight excluding hydrogens is 274 g/mol. The topological polar surface area (TPSA) is 92.2 Å². The molecule has 2 heterocycles. The molecule has 0 radical (unpaired) electrons. The van der Waals surface area contributed by atoms with Crippen LogP contribution >= 0.6 is 23.3 Å². The molecule has 1 atom stereocenters. The van der Waals surface area contributed by atoms with Gasteiger partial charge in [-0.3, -0.25) is 4.79 Å². The number of carbonyl (C=O) groups excluding carboxylic acids is 1.